The maximum Gasteiger partial charge on any atom is 0.324 e. The third kappa shape index (κ3) is 5.91. The Kier molecular flexibility index (Phi) is 8.07. The number of methoxy groups -OCH3 is 1. The van der Waals surface area contributed by atoms with Gasteiger partial charge in [0, 0.05) is 28.1 Å². The molecule has 37 heavy (non-hydrogen) atoms. The third-order valence-corrected chi connectivity index (χ3v) is 6.44. The number of urea groups is 1. The van der Waals surface area contributed by atoms with E-state index in [9.17, 15) is 13.6 Å². The SMILES string of the molecule is CCOc1cc2c(Sc3cccc(NC(=O)Nc4cc(C(C)(CF)CF)on4)c3)ncnc2cc1OC. The van der Waals surface area contributed by atoms with Crippen molar-refractivity contribution in [2.75, 3.05) is 37.7 Å². The maximum atomic E-state index is 13.2. The number of aromatic nitrogens is 3. The van der Waals surface area contributed by atoms with Crippen molar-refractivity contribution in [3.05, 3.63) is 54.6 Å². The van der Waals surface area contributed by atoms with Crippen molar-refractivity contribution < 1.29 is 27.6 Å². The van der Waals surface area contributed by atoms with Crippen LogP contribution in [0.2, 0.25) is 0 Å². The van der Waals surface area contributed by atoms with E-state index in [-0.39, 0.29) is 11.6 Å². The molecule has 12 heteroatoms. The average Bonchev–Trinajstić information content (AvgIpc) is 3.37. The Labute approximate surface area is 215 Å². The van der Waals surface area contributed by atoms with Crippen LogP contribution in [-0.4, -0.2) is 48.2 Å². The zero-order valence-corrected chi connectivity index (χ0v) is 21.2. The molecule has 0 aliphatic rings. The molecule has 0 atom stereocenters. The van der Waals surface area contributed by atoms with Gasteiger partial charge in [0.1, 0.15) is 30.5 Å². The van der Waals surface area contributed by atoms with E-state index in [2.05, 4.69) is 25.8 Å². The highest BCUT2D eigenvalue weighted by atomic mass is 32.2. The summed E-state index contributed by atoms with van der Waals surface area (Å²) in [4.78, 5) is 22.1. The fraction of sp³-hybridized carbons (Fsp3) is 0.280. The monoisotopic (exact) mass is 529 g/mol. The van der Waals surface area contributed by atoms with Crippen LogP contribution in [0.1, 0.15) is 19.6 Å². The van der Waals surface area contributed by atoms with E-state index in [0.717, 1.165) is 10.3 Å². The maximum absolute atomic E-state index is 13.2. The van der Waals surface area contributed by atoms with E-state index in [1.807, 2.05) is 19.1 Å². The summed E-state index contributed by atoms with van der Waals surface area (Å²) in [7, 11) is 1.57. The molecule has 0 saturated heterocycles. The van der Waals surface area contributed by atoms with Gasteiger partial charge in [0.25, 0.3) is 0 Å². The number of fused-ring (bicyclic) bond motifs is 1. The van der Waals surface area contributed by atoms with Crippen LogP contribution in [0.3, 0.4) is 0 Å². The first kappa shape index (κ1) is 26.1. The second-order valence-electron chi connectivity index (χ2n) is 8.25. The van der Waals surface area contributed by atoms with Crippen LogP contribution >= 0.6 is 11.8 Å². The predicted molar refractivity (Wildman–Crippen MR) is 136 cm³/mol. The van der Waals surface area contributed by atoms with Gasteiger partial charge in [-0.05, 0) is 38.1 Å². The summed E-state index contributed by atoms with van der Waals surface area (Å²) in [6, 6.07) is 11.5. The summed E-state index contributed by atoms with van der Waals surface area (Å²) in [5.74, 6) is 1.22. The standard InChI is InChI=1S/C25H25F2N5O4S/c1-4-35-20-9-17-18(10-19(20)34-3)28-14-29-23(17)37-16-7-5-6-15(8-16)30-24(33)31-22-11-21(36-32-22)25(2,12-26)13-27/h5-11,14H,4,12-13H2,1-3H3,(H2,30,31,32,33). The first-order valence-corrected chi connectivity index (χ1v) is 12.1. The lowest BCUT2D eigenvalue weighted by Crippen LogP contribution is -2.26. The molecular weight excluding hydrogens is 504 g/mol. The van der Waals surface area contributed by atoms with Crippen molar-refractivity contribution in [3.8, 4) is 11.5 Å². The Bertz CT molecular complexity index is 1400. The number of hydrogen-bond acceptors (Lipinski definition) is 8. The van der Waals surface area contributed by atoms with Gasteiger partial charge in [0.2, 0.25) is 0 Å². The smallest absolute Gasteiger partial charge is 0.324 e. The highest BCUT2D eigenvalue weighted by molar-refractivity contribution is 7.99. The van der Waals surface area contributed by atoms with Crippen LogP contribution in [0.25, 0.3) is 10.9 Å². The third-order valence-electron chi connectivity index (χ3n) is 5.43. The number of rotatable bonds is 10. The number of nitrogens with zero attached hydrogens (tertiary/aromatic N) is 3. The molecule has 4 aromatic rings. The molecule has 4 rings (SSSR count). The first-order chi connectivity index (χ1) is 17.9. The normalized spacial score (nSPS) is 11.4. The molecule has 0 bridgehead atoms. The number of halogens is 2. The fourth-order valence-electron chi connectivity index (χ4n) is 3.36. The molecule has 2 amide bonds. The van der Waals surface area contributed by atoms with Gasteiger partial charge in [-0.2, -0.15) is 0 Å². The van der Waals surface area contributed by atoms with Gasteiger partial charge in [-0.15, -0.1) is 0 Å². The zero-order chi connectivity index (χ0) is 26.4. The van der Waals surface area contributed by atoms with Gasteiger partial charge in [-0.1, -0.05) is 23.0 Å². The van der Waals surface area contributed by atoms with Crippen LogP contribution < -0.4 is 20.1 Å². The van der Waals surface area contributed by atoms with E-state index < -0.39 is 24.8 Å². The fourth-order valence-corrected chi connectivity index (χ4v) is 4.29. The number of hydrogen-bond donors (Lipinski definition) is 2. The van der Waals surface area contributed by atoms with E-state index in [0.29, 0.717) is 34.3 Å². The zero-order valence-electron chi connectivity index (χ0n) is 20.4. The summed E-state index contributed by atoms with van der Waals surface area (Å²) < 4.78 is 42.5. The van der Waals surface area contributed by atoms with Gasteiger partial charge >= 0.3 is 6.03 Å². The lowest BCUT2D eigenvalue weighted by Gasteiger charge is -2.17. The van der Waals surface area contributed by atoms with Gasteiger partial charge in [0.05, 0.1) is 24.6 Å². The molecule has 2 aromatic heterocycles. The molecule has 2 N–H and O–H groups in total. The minimum absolute atomic E-state index is 0.00777. The summed E-state index contributed by atoms with van der Waals surface area (Å²) in [5, 5.41) is 10.4. The van der Waals surface area contributed by atoms with Crippen molar-refractivity contribution in [2.24, 2.45) is 0 Å². The number of anilines is 2. The van der Waals surface area contributed by atoms with Crippen molar-refractivity contribution in [2.45, 2.75) is 29.2 Å². The Morgan fingerprint density at radius 2 is 1.92 bits per heavy atom. The highest BCUT2D eigenvalue weighted by Crippen LogP contribution is 2.37. The molecule has 2 aromatic carbocycles. The van der Waals surface area contributed by atoms with Gasteiger partial charge in [-0.3, -0.25) is 5.32 Å². The number of ether oxygens (including phenoxy) is 2. The lowest BCUT2D eigenvalue weighted by molar-refractivity contribution is 0.206. The average molecular weight is 530 g/mol. The summed E-state index contributed by atoms with van der Waals surface area (Å²) in [6.45, 7) is 1.82. The molecule has 0 radical (unpaired) electrons. The molecule has 194 valence electrons. The number of carbonyl (C=O) groups is 1. The van der Waals surface area contributed by atoms with Gasteiger partial charge < -0.3 is 19.3 Å². The van der Waals surface area contributed by atoms with Crippen LogP contribution in [0.5, 0.6) is 11.5 Å². The predicted octanol–water partition coefficient (Wildman–Crippen LogP) is 6.02. The van der Waals surface area contributed by atoms with E-state index in [1.54, 1.807) is 31.4 Å². The number of benzene rings is 2. The van der Waals surface area contributed by atoms with E-state index in [4.69, 9.17) is 14.0 Å². The van der Waals surface area contributed by atoms with Crippen LogP contribution in [0.15, 0.2) is 63.2 Å². The van der Waals surface area contributed by atoms with Crippen molar-refractivity contribution >= 4 is 40.2 Å². The van der Waals surface area contributed by atoms with Gasteiger partial charge in [0.15, 0.2) is 17.3 Å². The molecule has 0 unspecified atom stereocenters. The molecule has 0 fully saturated rings. The van der Waals surface area contributed by atoms with E-state index in [1.165, 1.54) is 31.1 Å². The Hall–Kier alpha value is -3.93. The second kappa shape index (κ2) is 11.4. The topological polar surface area (TPSA) is 111 Å². The second-order valence-corrected chi connectivity index (χ2v) is 9.31. The van der Waals surface area contributed by atoms with Crippen LogP contribution in [-0.2, 0) is 5.41 Å². The Morgan fingerprint density at radius 1 is 1.11 bits per heavy atom. The minimum Gasteiger partial charge on any atom is -0.493 e. The summed E-state index contributed by atoms with van der Waals surface area (Å²) in [6.07, 6.45) is 1.48. The molecule has 0 spiro atoms. The quantitative estimate of drug-likeness (QED) is 0.240. The lowest BCUT2D eigenvalue weighted by atomic mass is 9.91. The van der Waals surface area contributed by atoms with Crippen molar-refractivity contribution in [1.29, 1.82) is 0 Å². The minimum atomic E-state index is -1.45. The Morgan fingerprint density at radius 3 is 2.65 bits per heavy atom. The van der Waals surface area contributed by atoms with Crippen LogP contribution in [0, 0.1) is 0 Å². The first-order valence-electron chi connectivity index (χ1n) is 11.3. The number of alkyl halides is 2. The molecule has 0 aliphatic carbocycles. The molecule has 0 aliphatic heterocycles. The largest absolute Gasteiger partial charge is 0.493 e. The number of amides is 2. The van der Waals surface area contributed by atoms with Crippen molar-refractivity contribution in [1.82, 2.24) is 15.1 Å². The number of nitrogens with one attached hydrogen (secondary N) is 2. The molecule has 9 nitrogen and oxygen atoms in total. The van der Waals surface area contributed by atoms with E-state index >= 15 is 0 Å². The molecular formula is C25H25F2N5O4S. The van der Waals surface area contributed by atoms with Crippen molar-refractivity contribution in [3.63, 3.8) is 0 Å². The molecule has 2 heterocycles. The highest BCUT2D eigenvalue weighted by Gasteiger charge is 2.32. The molecule has 0 saturated carbocycles. The Balaban J connectivity index is 1.49. The number of carbonyl (C=O) groups excluding carboxylic acids is 1. The van der Waals surface area contributed by atoms with Crippen LogP contribution in [0.4, 0.5) is 25.1 Å². The summed E-state index contributed by atoms with van der Waals surface area (Å²) >= 11 is 1.40. The van der Waals surface area contributed by atoms with Gasteiger partial charge in [-0.25, -0.2) is 23.5 Å². The summed E-state index contributed by atoms with van der Waals surface area (Å²) in [5.41, 5.74) is -0.233.